The van der Waals surface area contributed by atoms with E-state index in [1.807, 2.05) is 6.07 Å². The fourth-order valence-electron chi connectivity index (χ4n) is 4.55. The molecule has 0 spiro atoms. The second kappa shape index (κ2) is 12.3. The topological polar surface area (TPSA) is 56.0 Å². The Bertz CT molecular complexity index is 777. The Morgan fingerprint density at radius 3 is 2.61 bits per heavy atom. The smallest absolute Gasteiger partial charge is 0.191 e. The maximum Gasteiger partial charge on any atom is 0.191 e. The van der Waals surface area contributed by atoms with Crippen LogP contribution in [0.1, 0.15) is 38.0 Å². The summed E-state index contributed by atoms with van der Waals surface area (Å²) < 4.78 is 5.74. The highest BCUT2D eigenvalue weighted by molar-refractivity contribution is 14.0. The second-order valence-electron chi connectivity index (χ2n) is 8.31. The Labute approximate surface area is 203 Å². The first-order valence-corrected chi connectivity index (χ1v) is 11.4. The van der Waals surface area contributed by atoms with E-state index in [2.05, 4.69) is 63.8 Å². The summed E-state index contributed by atoms with van der Waals surface area (Å²) in [6, 6.07) is 15.0. The van der Waals surface area contributed by atoms with Gasteiger partial charge in [-0.25, -0.2) is 0 Å². The Morgan fingerprint density at radius 1 is 1.10 bits per heavy atom. The maximum absolute atomic E-state index is 5.74. The fraction of sp³-hybridized carbons (Fsp3) is 0.542. The third-order valence-electron chi connectivity index (χ3n) is 6.18. The third kappa shape index (κ3) is 6.62. The van der Waals surface area contributed by atoms with Gasteiger partial charge in [-0.3, -0.25) is 9.89 Å². The summed E-state index contributed by atoms with van der Waals surface area (Å²) in [5.74, 6) is 2.56. The van der Waals surface area contributed by atoms with E-state index in [1.54, 1.807) is 6.26 Å². The monoisotopic (exact) mass is 537 g/mol. The highest BCUT2D eigenvalue weighted by atomic mass is 127. The molecule has 0 amide bonds. The number of furan rings is 1. The number of hydrogen-bond acceptors (Lipinski definition) is 4. The number of anilines is 1. The fourth-order valence-corrected chi connectivity index (χ4v) is 4.55. The zero-order chi connectivity index (χ0) is 20.6. The molecule has 4 rings (SSSR count). The van der Waals surface area contributed by atoms with Crippen LogP contribution in [0, 0.1) is 5.92 Å². The number of hydrogen-bond donors (Lipinski definition) is 2. The lowest BCUT2D eigenvalue weighted by Crippen LogP contribution is -2.41. The van der Waals surface area contributed by atoms with E-state index >= 15 is 0 Å². The van der Waals surface area contributed by atoms with Gasteiger partial charge in [-0.1, -0.05) is 18.2 Å². The van der Waals surface area contributed by atoms with Gasteiger partial charge in [0.05, 0.1) is 18.8 Å². The highest BCUT2D eigenvalue weighted by Crippen LogP contribution is 2.26. The molecule has 2 N–H and O–H groups in total. The molecule has 2 aliphatic heterocycles. The Kier molecular flexibility index (Phi) is 9.52. The van der Waals surface area contributed by atoms with E-state index in [0.717, 1.165) is 51.0 Å². The lowest BCUT2D eigenvalue weighted by atomic mass is 10.1. The molecular weight excluding hydrogens is 501 g/mol. The molecule has 31 heavy (non-hydrogen) atoms. The van der Waals surface area contributed by atoms with Gasteiger partial charge < -0.3 is 20.0 Å². The van der Waals surface area contributed by atoms with Crippen LogP contribution in [0.15, 0.2) is 58.1 Å². The molecule has 1 aromatic heterocycles. The van der Waals surface area contributed by atoms with Crippen molar-refractivity contribution in [3.63, 3.8) is 0 Å². The molecule has 2 saturated heterocycles. The molecule has 2 atom stereocenters. The van der Waals surface area contributed by atoms with E-state index < -0.39 is 0 Å². The number of halogens is 1. The largest absolute Gasteiger partial charge is 0.468 e. The lowest BCUT2D eigenvalue weighted by molar-refractivity contribution is 0.221. The van der Waals surface area contributed by atoms with Crippen LogP contribution in [-0.2, 0) is 0 Å². The van der Waals surface area contributed by atoms with Gasteiger partial charge in [-0.15, -0.1) is 24.0 Å². The van der Waals surface area contributed by atoms with Crippen LogP contribution < -0.4 is 15.5 Å². The number of benzene rings is 1. The predicted molar refractivity (Wildman–Crippen MR) is 138 cm³/mol. The molecule has 3 heterocycles. The Hall–Kier alpha value is -1.74. The van der Waals surface area contributed by atoms with Crippen molar-refractivity contribution in [1.29, 1.82) is 0 Å². The molecular formula is C24H36IN5O. The van der Waals surface area contributed by atoms with Crippen LogP contribution >= 0.6 is 24.0 Å². The Balaban J connectivity index is 0.00000272. The summed E-state index contributed by atoms with van der Waals surface area (Å²) in [5.41, 5.74) is 1.33. The number of nitrogens with zero attached hydrogens (tertiary/aromatic N) is 3. The summed E-state index contributed by atoms with van der Waals surface area (Å²) in [6.07, 6.45) is 5.51. The number of aliphatic imine (C=N–C) groups is 1. The zero-order valence-electron chi connectivity index (χ0n) is 18.5. The lowest BCUT2D eigenvalue weighted by Gasteiger charge is -2.25. The molecule has 170 valence electrons. The van der Waals surface area contributed by atoms with E-state index in [4.69, 9.17) is 9.41 Å². The van der Waals surface area contributed by atoms with Gasteiger partial charge >= 0.3 is 0 Å². The maximum atomic E-state index is 5.74. The quantitative estimate of drug-likeness (QED) is 0.302. The molecule has 0 bridgehead atoms. The van der Waals surface area contributed by atoms with Gasteiger partial charge in [0.2, 0.25) is 0 Å². The summed E-state index contributed by atoms with van der Waals surface area (Å²) in [7, 11) is 0. The summed E-state index contributed by atoms with van der Waals surface area (Å²) >= 11 is 0. The van der Waals surface area contributed by atoms with Crippen molar-refractivity contribution in [3.05, 3.63) is 54.5 Å². The van der Waals surface area contributed by atoms with Crippen LogP contribution in [-0.4, -0.2) is 56.7 Å². The van der Waals surface area contributed by atoms with Crippen molar-refractivity contribution in [2.24, 2.45) is 10.9 Å². The van der Waals surface area contributed by atoms with Gasteiger partial charge in [0, 0.05) is 31.9 Å². The van der Waals surface area contributed by atoms with Gasteiger partial charge in [-0.05, 0) is 69.5 Å². The molecule has 7 heteroatoms. The summed E-state index contributed by atoms with van der Waals surface area (Å²) in [6.45, 7) is 9.12. The average Bonchev–Trinajstić information content (AvgIpc) is 3.56. The van der Waals surface area contributed by atoms with Crippen molar-refractivity contribution < 1.29 is 4.42 Å². The van der Waals surface area contributed by atoms with Crippen LogP contribution in [0.3, 0.4) is 0 Å². The van der Waals surface area contributed by atoms with Gasteiger partial charge in [0.25, 0.3) is 0 Å². The molecule has 2 aromatic rings. The van der Waals surface area contributed by atoms with Crippen molar-refractivity contribution in [3.8, 4) is 0 Å². The minimum atomic E-state index is 0. The highest BCUT2D eigenvalue weighted by Gasteiger charge is 2.26. The first-order chi connectivity index (χ1) is 14.8. The molecule has 0 aliphatic carbocycles. The SMILES string of the molecule is CCNC(=NCC(c1ccco1)N1CCCC1)NCC1CCN(c2ccccc2)C1.I. The minimum absolute atomic E-state index is 0. The van der Waals surface area contributed by atoms with E-state index in [9.17, 15) is 0 Å². The van der Waals surface area contributed by atoms with Crippen molar-refractivity contribution in [2.45, 2.75) is 32.2 Å². The van der Waals surface area contributed by atoms with Gasteiger partial charge in [-0.2, -0.15) is 0 Å². The Morgan fingerprint density at radius 2 is 1.90 bits per heavy atom. The van der Waals surface area contributed by atoms with Crippen LogP contribution in [0.25, 0.3) is 0 Å². The zero-order valence-corrected chi connectivity index (χ0v) is 20.8. The van der Waals surface area contributed by atoms with Crippen molar-refractivity contribution >= 4 is 35.6 Å². The summed E-state index contributed by atoms with van der Waals surface area (Å²) in [5, 5.41) is 7.01. The van der Waals surface area contributed by atoms with Crippen LogP contribution in [0.2, 0.25) is 0 Å². The molecule has 1 aromatic carbocycles. The summed E-state index contributed by atoms with van der Waals surface area (Å²) in [4.78, 5) is 9.92. The standard InChI is InChI=1S/C24H35N5O.HI/c1-2-25-24(26-17-20-12-15-29(19-20)21-9-4-3-5-10-21)27-18-22(23-11-8-16-30-23)28-13-6-7-14-28;/h3-5,8-11,16,20,22H,2,6-7,12-15,17-19H2,1H3,(H2,25,26,27);1H. The predicted octanol–water partition coefficient (Wildman–Crippen LogP) is 4.12. The minimum Gasteiger partial charge on any atom is -0.468 e. The number of nitrogens with one attached hydrogen (secondary N) is 2. The number of likely N-dealkylation sites (tertiary alicyclic amines) is 1. The van der Waals surface area contributed by atoms with E-state index in [-0.39, 0.29) is 30.0 Å². The van der Waals surface area contributed by atoms with Crippen molar-refractivity contribution in [2.75, 3.05) is 50.7 Å². The molecule has 0 saturated carbocycles. The second-order valence-corrected chi connectivity index (χ2v) is 8.31. The number of para-hydroxylation sites is 1. The first-order valence-electron chi connectivity index (χ1n) is 11.4. The van der Waals surface area contributed by atoms with E-state index in [0.29, 0.717) is 12.5 Å². The van der Waals surface area contributed by atoms with Crippen molar-refractivity contribution in [1.82, 2.24) is 15.5 Å². The van der Waals surface area contributed by atoms with Gasteiger partial charge in [0.1, 0.15) is 5.76 Å². The normalized spacial score (nSPS) is 20.5. The van der Waals surface area contributed by atoms with Crippen LogP contribution in [0.5, 0.6) is 0 Å². The third-order valence-corrected chi connectivity index (χ3v) is 6.18. The molecule has 2 fully saturated rings. The molecule has 6 nitrogen and oxygen atoms in total. The number of rotatable bonds is 8. The van der Waals surface area contributed by atoms with Gasteiger partial charge in [0.15, 0.2) is 5.96 Å². The van der Waals surface area contributed by atoms with Crippen LogP contribution in [0.4, 0.5) is 5.69 Å². The average molecular weight is 537 g/mol. The molecule has 2 unspecified atom stereocenters. The first kappa shape index (κ1) is 23.9. The molecule has 2 aliphatic rings. The molecule has 0 radical (unpaired) electrons. The number of guanidine groups is 1. The van der Waals surface area contributed by atoms with E-state index in [1.165, 1.54) is 24.9 Å².